The molecule has 0 aliphatic heterocycles. The van der Waals surface area contributed by atoms with Crippen LogP contribution in [0.25, 0.3) is 11.3 Å². The highest BCUT2D eigenvalue weighted by molar-refractivity contribution is 6.30. The predicted octanol–water partition coefficient (Wildman–Crippen LogP) is 4.90. The summed E-state index contributed by atoms with van der Waals surface area (Å²) in [4.78, 5) is 16.4. The van der Waals surface area contributed by atoms with Crippen molar-refractivity contribution in [1.29, 1.82) is 0 Å². The zero-order chi connectivity index (χ0) is 20.6. The van der Waals surface area contributed by atoms with Crippen LogP contribution in [0.5, 0.6) is 5.75 Å². The topological polar surface area (TPSA) is 94.2 Å². The Balaban J connectivity index is 1.79. The molecule has 0 spiro atoms. The third kappa shape index (κ3) is 5.58. The van der Waals surface area contributed by atoms with Crippen LogP contribution in [-0.4, -0.2) is 35.2 Å². The molecule has 0 radical (unpaired) electrons. The molecule has 0 unspecified atom stereocenters. The summed E-state index contributed by atoms with van der Waals surface area (Å²) in [5, 5.41) is 17.9. The number of halogens is 1. The lowest BCUT2D eigenvalue weighted by Gasteiger charge is -2.07. The van der Waals surface area contributed by atoms with Gasteiger partial charge in [0, 0.05) is 16.7 Å². The van der Waals surface area contributed by atoms with Crippen molar-refractivity contribution in [2.75, 3.05) is 13.2 Å². The van der Waals surface area contributed by atoms with E-state index in [1.165, 1.54) is 12.1 Å². The van der Waals surface area contributed by atoms with Crippen molar-refractivity contribution in [1.82, 2.24) is 5.16 Å². The maximum absolute atomic E-state index is 11.1. The van der Waals surface area contributed by atoms with E-state index in [2.05, 4.69) is 10.3 Å². The summed E-state index contributed by atoms with van der Waals surface area (Å²) in [7, 11) is 0. The number of hydrogen-bond donors (Lipinski definition) is 1. The Kier molecular flexibility index (Phi) is 6.86. The first-order valence-corrected chi connectivity index (χ1v) is 9.32. The van der Waals surface area contributed by atoms with E-state index in [1.807, 2.05) is 19.1 Å². The summed E-state index contributed by atoms with van der Waals surface area (Å²) in [6, 6.07) is 15.1. The van der Waals surface area contributed by atoms with Gasteiger partial charge >= 0.3 is 5.97 Å². The first kappa shape index (κ1) is 20.4. The molecular weight excluding hydrogens is 396 g/mol. The predicted molar refractivity (Wildman–Crippen MR) is 109 cm³/mol. The Bertz CT molecular complexity index is 998. The Labute approximate surface area is 172 Å². The third-order valence-corrected chi connectivity index (χ3v) is 4.11. The van der Waals surface area contributed by atoms with Crippen molar-refractivity contribution in [3.8, 4) is 17.0 Å². The number of rotatable bonds is 9. The molecule has 150 valence electrons. The molecule has 1 heterocycles. The maximum atomic E-state index is 11.1. The minimum Gasteiger partial charge on any atom is -0.487 e. The lowest BCUT2D eigenvalue weighted by Crippen LogP contribution is -2.13. The van der Waals surface area contributed by atoms with Crippen LogP contribution in [0.3, 0.4) is 0 Å². The van der Waals surface area contributed by atoms with Gasteiger partial charge in [-0.3, -0.25) is 0 Å². The van der Waals surface area contributed by atoms with E-state index in [0.29, 0.717) is 34.5 Å². The minimum absolute atomic E-state index is 0.0159. The van der Waals surface area contributed by atoms with Crippen molar-refractivity contribution in [3.63, 3.8) is 0 Å². The van der Waals surface area contributed by atoms with Crippen LogP contribution in [0.1, 0.15) is 29.5 Å². The summed E-state index contributed by atoms with van der Waals surface area (Å²) in [6.45, 7) is 2.42. The van der Waals surface area contributed by atoms with E-state index in [0.717, 1.165) is 12.0 Å². The molecule has 2 aromatic carbocycles. The number of benzene rings is 2. The number of ether oxygens (including phenoxy) is 1. The molecule has 1 aromatic heterocycles. The van der Waals surface area contributed by atoms with Gasteiger partial charge in [-0.2, -0.15) is 0 Å². The number of carboxylic acid groups (broad SMARTS) is 1. The van der Waals surface area contributed by atoms with E-state index in [-0.39, 0.29) is 12.2 Å². The Morgan fingerprint density at radius 3 is 2.72 bits per heavy atom. The summed E-state index contributed by atoms with van der Waals surface area (Å²) in [5.74, 6) is -0.246. The second-order valence-electron chi connectivity index (χ2n) is 6.08. The number of oxime groups is 1. The number of aromatic nitrogens is 1. The van der Waals surface area contributed by atoms with Gasteiger partial charge in [0.1, 0.15) is 24.7 Å². The van der Waals surface area contributed by atoms with Gasteiger partial charge in [-0.25, -0.2) is 4.79 Å². The molecule has 0 atom stereocenters. The van der Waals surface area contributed by atoms with Crippen molar-refractivity contribution in [2.45, 2.75) is 13.3 Å². The average molecular weight is 415 g/mol. The first-order chi connectivity index (χ1) is 14.1. The molecule has 0 saturated heterocycles. The number of hydrogen-bond acceptors (Lipinski definition) is 6. The highest BCUT2D eigenvalue weighted by atomic mass is 35.5. The lowest BCUT2D eigenvalue weighted by atomic mass is 10.1. The monoisotopic (exact) mass is 414 g/mol. The van der Waals surface area contributed by atoms with Gasteiger partial charge in [0.05, 0.1) is 5.56 Å². The van der Waals surface area contributed by atoms with Crippen molar-refractivity contribution in [3.05, 3.63) is 70.9 Å². The molecule has 1 N–H and O–H groups in total. The quantitative estimate of drug-likeness (QED) is 0.304. The van der Waals surface area contributed by atoms with E-state index >= 15 is 0 Å². The SMILES string of the molecule is CCCO/N=C(\COc1cccc(C(=O)O)c1)c1cc(-c2ccc(Cl)cc2)no1. The molecule has 29 heavy (non-hydrogen) atoms. The van der Waals surface area contributed by atoms with E-state index < -0.39 is 5.97 Å². The Morgan fingerprint density at radius 1 is 1.21 bits per heavy atom. The zero-order valence-electron chi connectivity index (χ0n) is 15.7. The van der Waals surface area contributed by atoms with Gasteiger partial charge in [-0.15, -0.1) is 0 Å². The minimum atomic E-state index is -1.03. The van der Waals surface area contributed by atoms with Crippen LogP contribution in [0.2, 0.25) is 5.02 Å². The van der Waals surface area contributed by atoms with Crippen molar-refractivity contribution >= 4 is 23.3 Å². The van der Waals surface area contributed by atoms with Gasteiger partial charge in [0.2, 0.25) is 0 Å². The second-order valence-corrected chi connectivity index (χ2v) is 6.51. The number of carbonyl (C=O) groups is 1. The van der Waals surface area contributed by atoms with Crippen LogP contribution in [0.4, 0.5) is 0 Å². The Hall–Kier alpha value is -3.32. The number of aromatic carboxylic acids is 1. The Morgan fingerprint density at radius 2 is 2.00 bits per heavy atom. The average Bonchev–Trinajstić information content (AvgIpc) is 3.21. The molecule has 0 amide bonds. The third-order valence-electron chi connectivity index (χ3n) is 3.86. The van der Waals surface area contributed by atoms with Crippen LogP contribution in [-0.2, 0) is 4.84 Å². The molecule has 0 saturated carbocycles. The highest BCUT2D eigenvalue weighted by Gasteiger charge is 2.15. The zero-order valence-corrected chi connectivity index (χ0v) is 16.4. The van der Waals surface area contributed by atoms with Gasteiger partial charge in [-0.05, 0) is 36.8 Å². The van der Waals surface area contributed by atoms with Gasteiger partial charge in [0.25, 0.3) is 0 Å². The van der Waals surface area contributed by atoms with E-state index in [1.54, 1.807) is 30.3 Å². The molecule has 0 bridgehead atoms. The van der Waals surface area contributed by atoms with Crippen molar-refractivity contribution < 1.29 is 24.0 Å². The highest BCUT2D eigenvalue weighted by Crippen LogP contribution is 2.22. The molecule has 0 aliphatic rings. The fraction of sp³-hybridized carbons (Fsp3) is 0.190. The molecule has 0 aliphatic carbocycles. The molecule has 7 nitrogen and oxygen atoms in total. The fourth-order valence-corrected chi connectivity index (χ4v) is 2.52. The molecule has 0 fully saturated rings. The van der Waals surface area contributed by atoms with Crippen molar-refractivity contribution in [2.24, 2.45) is 5.16 Å². The first-order valence-electron chi connectivity index (χ1n) is 8.95. The maximum Gasteiger partial charge on any atom is 0.335 e. The normalized spacial score (nSPS) is 11.3. The van der Waals surface area contributed by atoms with E-state index in [4.69, 9.17) is 30.8 Å². The van der Waals surface area contributed by atoms with Crippen LogP contribution < -0.4 is 4.74 Å². The standard InChI is InChI=1S/C21H19ClN2O5/c1-2-10-28-23-19(13-27-17-5-3-4-15(11-17)21(25)26)20-12-18(24-29-20)14-6-8-16(22)9-7-14/h3-9,11-12H,2,10,13H2,1H3,(H,25,26)/b23-19+. The van der Waals surface area contributed by atoms with Gasteiger partial charge in [-0.1, -0.05) is 47.0 Å². The second kappa shape index (κ2) is 9.75. The smallest absolute Gasteiger partial charge is 0.335 e. The van der Waals surface area contributed by atoms with Crippen LogP contribution in [0, 0.1) is 0 Å². The summed E-state index contributed by atoms with van der Waals surface area (Å²) in [6.07, 6.45) is 0.796. The van der Waals surface area contributed by atoms with Gasteiger partial charge in [0.15, 0.2) is 11.5 Å². The van der Waals surface area contributed by atoms with Crippen LogP contribution in [0.15, 0.2) is 64.3 Å². The fourth-order valence-electron chi connectivity index (χ4n) is 2.40. The summed E-state index contributed by atoms with van der Waals surface area (Å²) in [5.41, 5.74) is 1.99. The van der Waals surface area contributed by atoms with Gasteiger partial charge < -0.3 is 19.2 Å². The number of carboxylic acids is 1. The number of nitrogens with zero attached hydrogens (tertiary/aromatic N) is 2. The molecule has 3 rings (SSSR count). The lowest BCUT2D eigenvalue weighted by molar-refractivity contribution is 0.0696. The largest absolute Gasteiger partial charge is 0.487 e. The summed E-state index contributed by atoms with van der Waals surface area (Å²) >= 11 is 5.92. The van der Waals surface area contributed by atoms with Crippen LogP contribution >= 0.6 is 11.6 Å². The molecular formula is C21H19ClN2O5. The summed E-state index contributed by atoms with van der Waals surface area (Å²) < 4.78 is 11.1. The molecule has 8 heteroatoms. The molecule has 3 aromatic rings. The van der Waals surface area contributed by atoms with E-state index in [9.17, 15) is 4.79 Å².